The first-order valence-electron chi connectivity index (χ1n) is 9.96. The van der Waals surface area contributed by atoms with Gasteiger partial charge in [-0.05, 0) is 43.5 Å². The van der Waals surface area contributed by atoms with Crippen LogP contribution in [0.1, 0.15) is 25.5 Å². The molecule has 1 N–H and O–H groups in total. The summed E-state index contributed by atoms with van der Waals surface area (Å²) in [6.07, 6.45) is 6.44. The van der Waals surface area contributed by atoms with Gasteiger partial charge in [-0.25, -0.2) is 9.97 Å². The number of H-pyrrole nitrogens is 1. The van der Waals surface area contributed by atoms with E-state index in [4.69, 9.17) is 0 Å². The van der Waals surface area contributed by atoms with Gasteiger partial charge in [0.05, 0.1) is 0 Å². The van der Waals surface area contributed by atoms with Gasteiger partial charge in [0.2, 0.25) is 0 Å². The van der Waals surface area contributed by atoms with Crippen molar-refractivity contribution in [2.45, 2.75) is 32.2 Å². The van der Waals surface area contributed by atoms with Crippen molar-refractivity contribution in [3.05, 3.63) is 58.8 Å². The van der Waals surface area contributed by atoms with E-state index in [0.717, 1.165) is 55.2 Å². The number of anilines is 2. The lowest BCUT2D eigenvalue weighted by molar-refractivity contribution is 0.643. The Hall–Kier alpha value is -3.29. The van der Waals surface area contributed by atoms with Crippen molar-refractivity contribution in [2.24, 2.45) is 0 Å². The summed E-state index contributed by atoms with van der Waals surface area (Å²) < 4.78 is 0. The molecule has 0 radical (unpaired) electrons. The molecule has 1 aliphatic rings. The SMILES string of the molecule is CCc1cc(=O)[nH]c(-c2ccc(N(C)CC3CCCN3c3cccnn3)nc2)n1. The Morgan fingerprint density at radius 2 is 2.21 bits per heavy atom. The minimum atomic E-state index is -0.140. The number of hydrogen-bond acceptors (Lipinski definition) is 7. The van der Waals surface area contributed by atoms with E-state index in [1.165, 1.54) is 6.07 Å². The summed E-state index contributed by atoms with van der Waals surface area (Å²) in [5, 5.41) is 8.27. The van der Waals surface area contributed by atoms with Crippen LogP contribution in [-0.2, 0) is 6.42 Å². The van der Waals surface area contributed by atoms with Crippen LogP contribution in [0.3, 0.4) is 0 Å². The van der Waals surface area contributed by atoms with E-state index < -0.39 is 0 Å². The van der Waals surface area contributed by atoms with Crippen LogP contribution in [0.15, 0.2) is 47.5 Å². The summed E-state index contributed by atoms with van der Waals surface area (Å²) in [5.74, 6) is 2.37. The number of nitrogens with zero attached hydrogens (tertiary/aromatic N) is 6. The van der Waals surface area contributed by atoms with Gasteiger partial charge in [-0.3, -0.25) is 4.79 Å². The lowest BCUT2D eigenvalue weighted by Gasteiger charge is -2.29. The molecule has 1 fully saturated rings. The maximum absolute atomic E-state index is 11.8. The Morgan fingerprint density at radius 3 is 2.93 bits per heavy atom. The molecule has 0 spiro atoms. The molecular formula is C21H25N7O. The summed E-state index contributed by atoms with van der Waals surface area (Å²) in [4.78, 5) is 28.2. The fourth-order valence-corrected chi connectivity index (χ4v) is 3.76. The van der Waals surface area contributed by atoms with Crippen molar-refractivity contribution < 1.29 is 0 Å². The van der Waals surface area contributed by atoms with Crippen LogP contribution in [0, 0.1) is 0 Å². The molecule has 4 heterocycles. The van der Waals surface area contributed by atoms with Crippen LogP contribution in [0.5, 0.6) is 0 Å². The number of aromatic amines is 1. The van der Waals surface area contributed by atoms with Crippen LogP contribution in [0.4, 0.5) is 11.6 Å². The van der Waals surface area contributed by atoms with Crippen LogP contribution in [-0.4, -0.2) is 51.3 Å². The molecule has 1 saturated heterocycles. The van der Waals surface area contributed by atoms with Gasteiger partial charge in [0.1, 0.15) is 11.6 Å². The molecular weight excluding hydrogens is 366 g/mol. The molecule has 150 valence electrons. The van der Waals surface area contributed by atoms with Crippen molar-refractivity contribution >= 4 is 11.6 Å². The third kappa shape index (κ3) is 4.26. The van der Waals surface area contributed by atoms with E-state index in [9.17, 15) is 4.79 Å². The largest absolute Gasteiger partial charge is 0.358 e. The molecule has 3 aromatic rings. The smallest absolute Gasteiger partial charge is 0.251 e. The maximum Gasteiger partial charge on any atom is 0.251 e. The fraction of sp³-hybridized carbons (Fsp3) is 0.381. The normalized spacial score (nSPS) is 16.2. The number of rotatable bonds is 6. The van der Waals surface area contributed by atoms with E-state index in [-0.39, 0.29) is 5.56 Å². The van der Waals surface area contributed by atoms with Gasteiger partial charge in [0.25, 0.3) is 5.56 Å². The summed E-state index contributed by atoms with van der Waals surface area (Å²) in [5.41, 5.74) is 1.44. The quantitative estimate of drug-likeness (QED) is 0.689. The van der Waals surface area contributed by atoms with Crippen molar-refractivity contribution in [1.29, 1.82) is 0 Å². The number of pyridine rings is 1. The van der Waals surface area contributed by atoms with E-state index >= 15 is 0 Å². The third-order valence-corrected chi connectivity index (χ3v) is 5.28. The number of aromatic nitrogens is 5. The molecule has 29 heavy (non-hydrogen) atoms. The van der Waals surface area contributed by atoms with Gasteiger partial charge < -0.3 is 14.8 Å². The minimum Gasteiger partial charge on any atom is -0.358 e. The van der Waals surface area contributed by atoms with Gasteiger partial charge >= 0.3 is 0 Å². The molecule has 8 nitrogen and oxygen atoms in total. The molecule has 0 aliphatic carbocycles. The third-order valence-electron chi connectivity index (χ3n) is 5.28. The van der Waals surface area contributed by atoms with Crippen LogP contribution < -0.4 is 15.4 Å². The zero-order valence-electron chi connectivity index (χ0n) is 16.7. The molecule has 8 heteroatoms. The van der Waals surface area contributed by atoms with Gasteiger partial charge in [-0.2, -0.15) is 5.10 Å². The topological polar surface area (TPSA) is 90.9 Å². The molecule has 3 aromatic heterocycles. The average molecular weight is 391 g/mol. The predicted octanol–water partition coefficient (Wildman–Crippen LogP) is 2.29. The summed E-state index contributed by atoms with van der Waals surface area (Å²) in [7, 11) is 2.05. The Bertz CT molecular complexity index is 1000. The Balaban J connectivity index is 1.48. The lowest BCUT2D eigenvalue weighted by Crippen LogP contribution is -2.39. The second-order valence-corrected chi connectivity index (χ2v) is 7.30. The van der Waals surface area contributed by atoms with Crippen LogP contribution >= 0.6 is 0 Å². The van der Waals surface area contributed by atoms with Gasteiger partial charge in [-0.1, -0.05) is 6.92 Å². The van der Waals surface area contributed by atoms with Crippen molar-refractivity contribution in [3.63, 3.8) is 0 Å². The standard InChI is InChI=1S/C21H25N7O/c1-3-16-12-20(29)25-21(24-16)15-8-9-18(22-13-15)27(2)14-17-6-5-11-28(17)19-7-4-10-23-26-19/h4,7-10,12-13,17H,3,5-6,11,14H2,1-2H3,(H,24,25,29). The highest BCUT2D eigenvalue weighted by Crippen LogP contribution is 2.25. The molecule has 0 amide bonds. The average Bonchev–Trinajstić information content (AvgIpc) is 3.22. The van der Waals surface area contributed by atoms with E-state index in [1.54, 1.807) is 12.4 Å². The second kappa shape index (κ2) is 8.38. The summed E-state index contributed by atoms with van der Waals surface area (Å²) in [6.45, 7) is 3.83. The second-order valence-electron chi connectivity index (χ2n) is 7.30. The monoisotopic (exact) mass is 391 g/mol. The lowest BCUT2D eigenvalue weighted by atomic mass is 10.2. The summed E-state index contributed by atoms with van der Waals surface area (Å²) in [6, 6.07) is 9.76. The van der Waals surface area contributed by atoms with Crippen LogP contribution in [0.25, 0.3) is 11.4 Å². The number of likely N-dealkylation sites (N-methyl/N-ethyl adjacent to an activating group) is 1. The molecule has 0 saturated carbocycles. The maximum atomic E-state index is 11.8. The molecule has 1 atom stereocenters. The fourth-order valence-electron chi connectivity index (χ4n) is 3.76. The van der Waals surface area contributed by atoms with E-state index in [0.29, 0.717) is 11.9 Å². The zero-order valence-corrected chi connectivity index (χ0v) is 16.7. The Kier molecular flexibility index (Phi) is 5.50. The Labute approximate surface area is 169 Å². The predicted molar refractivity (Wildman–Crippen MR) is 113 cm³/mol. The Morgan fingerprint density at radius 1 is 1.31 bits per heavy atom. The zero-order chi connectivity index (χ0) is 20.2. The van der Waals surface area contributed by atoms with E-state index in [1.807, 2.05) is 38.2 Å². The van der Waals surface area contributed by atoms with Gasteiger partial charge in [0.15, 0.2) is 5.82 Å². The van der Waals surface area contributed by atoms with Crippen molar-refractivity contribution in [2.75, 3.05) is 29.9 Å². The highest BCUT2D eigenvalue weighted by Gasteiger charge is 2.27. The molecule has 4 rings (SSSR count). The number of nitrogens with one attached hydrogen (secondary N) is 1. The number of hydrogen-bond donors (Lipinski definition) is 1. The summed E-state index contributed by atoms with van der Waals surface area (Å²) >= 11 is 0. The van der Waals surface area contributed by atoms with Crippen molar-refractivity contribution in [3.8, 4) is 11.4 Å². The first-order chi connectivity index (χ1) is 14.1. The first-order valence-corrected chi connectivity index (χ1v) is 9.96. The minimum absolute atomic E-state index is 0.140. The van der Waals surface area contributed by atoms with E-state index in [2.05, 4.69) is 34.9 Å². The molecule has 0 aromatic carbocycles. The molecule has 1 unspecified atom stereocenters. The first kappa shape index (κ1) is 19.0. The van der Waals surface area contributed by atoms with Crippen molar-refractivity contribution in [1.82, 2.24) is 25.1 Å². The van der Waals surface area contributed by atoms with Gasteiger partial charge in [0, 0.05) is 55.9 Å². The van der Waals surface area contributed by atoms with Crippen LogP contribution in [0.2, 0.25) is 0 Å². The highest BCUT2D eigenvalue weighted by atomic mass is 16.1. The molecule has 1 aliphatic heterocycles. The van der Waals surface area contributed by atoms with Gasteiger partial charge in [-0.15, -0.1) is 5.10 Å². The number of aryl methyl sites for hydroxylation is 1. The highest BCUT2D eigenvalue weighted by molar-refractivity contribution is 5.56. The molecule has 0 bridgehead atoms.